The average Bonchev–Trinajstić information content (AvgIpc) is 2.40. The van der Waals surface area contributed by atoms with Crippen LogP contribution in [0.4, 0.5) is 13.2 Å². The third kappa shape index (κ3) is 4.51. The molecule has 1 atom stereocenters. The van der Waals surface area contributed by atoms with Crippen LogP contribution < -0.4 is 0 Å². The molecule has 0 saturated carbocycles. The molecule has 0 aliphatic heterocycles. The lowest BCUT2D eigenvalue weighted by Crippen LogP contribution is -2.07. The highest BCUT2D eigenvalue weighted by molar-refractivity contribution is 9.09. The summed E-state index contributed by atoms with van der Waals surface area (Å²) in [5.41, 5.74) is 0.621. The predicted molar refractivity (Wildman–Crippen MR) is 61.3 cm³/mol. The number of hydrogen-bond acceptors (Lipinski definition) is 1. The Hall–Kier alpha value is 0.550. The number of hydrogen-bond donors (Lipinski definition) is 0. The van der Waals surface area contributed by atoms with Crippen LogP contribution in [-0.2, 0) is 0 Å². The van der Waals surface area contributed by atoms with Crippen LogP contribution in [-0.4, -0.2) is 6.18 Å². The van der Waals surface area contributed by atoms with E-state index in [1.54, 1.807) is 6.07 Å². The summed E-state index contributed by atoms with van der Waals surface area (Å²) in [6, 6.07) is 1.59. The molecule has 86 valence electrons. The first kappa shape index (κ1) is 13.6. The molecule has 7 heteroatoms. The van der Waals surface area contributed by atoms with Crippen molar-refractivity contribution in [3.8, 4) is 0 Å². The maximum absolute atomic E-state index is 12.0. The quantitative estimate of drug-likeness (QED) is 0.606. The van der Waals surface area contributed by atoms with Gasteiger partial charge in [-0.1, -0.05) is 39.1 Å². The fourth-order valence-electron chi connectivity index (χ4n) is 1.01. The van der Waals surface area contributed by atoms with E-state index in [9.17, 15) is 13.2 Å². The summed E-state index contributed by atoms with van der Waals surface area (Å²) in [7, 11) is 0. The van der Waals surface area contributed by atoms with Gasteiger partial charge in [0.25, 0.3) is 0 Å². The Morgan fingerprint density at radius 1 is 1.40 bits per heavy atom. The van der Waals surface area contributed by atoms with Crippen LogP contribution in [0.3, 0.4) is 0 Å². The first-order valence-corrected chi connectivity index (χ1v) is 6.44. The summed E-state index contributed by atoms with van der Waals surface area (Å²) in [6.07, 6.45) is -5.03. The molecule has 1 aromatic heterocycles. The lowest BCUT2D eigenvalue weighted by molar-refractivity contribution is -0.135. The molecule has 0 amide bonds. The third-order valence-electron chi connectivity index (χ3n) is 1.70. The number of rotatable bonds is 3. The van der Waals surface area contributed by atoms with Crippen LogP contribution in [0.2, 0.25) is 8.67 Å². The Balaban J connectivity index is 2.61. The van der Waals surface area contributed by atoms with Gasteiger partial charge in [-0.25, -0.2) is 0 Å². The third-order valence-corrected chi connectivity index (χ3v) is 4.17. The van der Waals surface area contributed by atoms with Gasteiger partial charge in [-0.2, -0.15) is 13.2 Å². The summed E-state index contributed by atoms with van der Waals surface area (Å²) in [4.78, 5) is -0.407. The standard InChI is InChI=1S/C8H6BrCl2F3S/c9-5(1-2-8(12,13)14)4-3-6(10)15-7(4)11/h3,5H,1-2H2. The molecule has 1 aromatic rings. The molecule has 0 aromatic carbocycles. The molecule has 1 unspecified atom stereocenters. The van der Waals surface area contributed by atoms with Crippen molar-refractivity contribution in [3.05, 3.63) is 20.3 Å². The zero-order valence-electron chi connectivity index (χ0n) is 7.24. The molecule has 0 saturated heterocycles. The molecular formula is C8H6BrCl2F3S. The minimum absolute atomic E-state index is 0.0454. The van der Waals surface area contributed by atoms with Gasteiger partial charge in [0, 0.05) is 11.2 Å². The second-order valence-corrected chi connectivity index (χ2v) is 6.29. The Morgan fingerprint density at radius 3 is 2.40 bits per heavy atom. The van der Waals surface area contributed by atoms with E-state index >= 15 is 0 Å². The molecule has 1 heterocycles. The molecule has 1 rings (SSSR count). The number of thiophene rings is 1. The van der Waals surface area contributed by atoms with E-state index in [-0.39, 0.29) is 6.42 Å². The summed E-state index contributed by atoms with van der Waals surface area (Å²) < 4.78 is 36.8. The first-order chi connectivity index (χ1) is 6.79. The summed E-state index contributed by atoms with van der Waals surface area (Å²) in [5.74, 6) is 0. The van der Waals surface area contributed by atoms with Crippen molar-refractivity contribution in [2.24, 2.45) is 0 Å². The molecule has 0 nitrogen and oxygen atoms in total. The lowest BCUT2D eigenvalue weighted by Gasteiger charge is -2.10. The molecule has 0 spiro atoms. The van der Waals surface area contributed by atoms with Gasteiger partial charge in [0.15, 0.2) is 0 Å². The molecule has 0 fully saturated rings. The van der Waals surface area contributed by atoms with Gasteiger partial charge in [0.2, 0.25) is 0 Å². The Morgan fingerprint density at radius 2 is 2.00 bits per heavy atom. The number of alkyl halides is 4. The Kier molecular flexibility index (Phi) is 4.77. The van der Waals surface area contributed by atoms with Crippen LogP contribution in [0.15, 0.2) is 6.07 Å². The highest BCUT2D eigenvalue weighted by Gasteiger charge is 2.28. The summed E-state index contributed by atoms with van der Waals surface area (Å²) >= 11 is 15.8. The van der Waals surface area contributed by atoms with E-state index in [0.717, 1.165) is 11.3 Å². The molecule has 0 N–H and O–H groups in total. The zero-order valence-corrected chi connectivity index (χ0v) is 11.2. The fourth-order valence-corrected chi connectivity index (χ4v) is 3.46. The van der Waals surface area contributed by atoms with E-state index in [1.807, 2.05) is 0 Å². The predicted octanol–water partition coefficient (Wildman–Crippen LogP) is 5.83. The summed E-state index contributed by atoms with van der Waals surface area (Å²) in [5, 5.41) is 0. The van der Waals surface area contributed by atoms with Crippen molar-refractivity contribution in [1.82, 2.24) is 0 Å². The Bertz CT molecular complexity index is 337. The van der Waals surface area contributed by atoms with E-state index < -0.39 is 17.4 Å². The van der Waals surface area contributed by atoms with Crippen molar-refractivity contribution in [3.63, 3.8) is 0 Å². The van der Waals surface area contributed by atoms with E-state index in [1.165, 1.54) is 0 Å². The maximum Gasteiger partial charge on any atom is 0.389 e. The van der Waals surface area contributed by atoms with Crippen LogP contribution in [0.5, 0.6) is 0 Å². The SMILES string of the molecule is FC(F)(F)CCC(Br)c1cc(Cl)sc1Cl. The second kappa shape index (κ2) is 5.25. The highest BCUT2D eigenvalue weighted by atomic mass is 79.9. The smallest absolute Gasteiger partial charge is 0.171 e. The van der Waals surface area contributed by atoms with Crippen LogP contribution in [0.1, 0.15) is 23.2 Å². The molecule has 0 bridgehead atoms. The largest absolute Gasteiger partial charge is 0.389 e. The average molecular weight is 342 g/mol. The lowest BCUT2D eigenvalue weighted by atomic mass is 10.1. The minimum atomic E-state index is -4.14. The molecule has 0 aliphatic carbocycles. The van der Waals surface area contributed by atoms with Crippen LogP contribution in [0.25, 0.3) is 0 Å². The Labute approximate surface area is 108 Å². The van der Waals surface area contributed by atoms with E-state index in [4.69, 9.17) is 23.2 Å². The molecule has 0 radical (unpaired) electrons. The van der Waals surface area contributed by atoms with Gasteiger partial charge in [-0.05, 0) is 18.1 Å². The van der Waals surface area contributed by atoms with Crippen molar-refractivity contribution < 1.29 is 13.2 Å². The van der Waals surface area contributed by atoms with Crippen LogP contribution >= 0.6 is 50.5 Å². The molecule has 15 heavy (non-hydrogen) atoms. The highest BCUT2D eigenvalue weighted by Crippen LogP contribution is 2.41. The van der Waals surface area contributed by atoms with Crippen molar-refractivity contribution in [1.29, 1.82) is 0 Å². The maximum atomic E-state index is 12.0. The van der Waals surface area contributed by atoms with Gasteiger partial charge in [-0.3, -0.25) is 0 Å². The first-order valence-electron chi connectivity index (χ1n) is 3.95. The second-order valence-electron chi connectivity index (χ2n) is 2.90. The van der Waals surface area contributed by atoms with Crippen molar-refractivity contribution in [2.45, 2.75) is 23.8 Å². The van der Waals surface area contributed by atoms with Gasteiger partial charge < -0.3 is 0 Å². The van der Waals surface area contributed by atoms with E-state index in [0.29, 0.717) is 14.2 Å². The number of halogens is 6. The van der Waals surface area contributed by atoms with Gasteiger partial charge >= 0.3 is 6.18 Å². The normalized spacial score (nSPS) is 14.3. The van der Waals surface area contributed by atoms with Crippen LogP contribution in [0, 0.1) is 0 Å². The zero-order chi connectivity index (χ0) is 11.6. The van der Waals surface area contributed by atoms with Gasteiger partial charge in [0.05, 0.1) is 8.67 Å². The topological polar surface area (TPSA) is 0 Å². The minimum Gasteiger partial charge on any atom is -0.171 e. The van der Waals surface area contributed by atoms with Gasteiger partial charge in [0.1, 0.15) is 0 Å². The van der Waals surface area contributed by atoms with Crippen molar-refractivity contribution in [2.75, 3.05) is 0 Å². The monoisotopic (exact) mass is 340 g/mol. The van der Waals surface area contributed by atoms with Gasteiger partial charge in [-0.15, -0.1) is 11.3 Å². The van der Waals surface area contributed by atoms with E-state index in [2.05, 4.69) is 15.9 Å². The fraction of sp³-hybridized carbons (Fsp3) is 0.500. The van der Waals surface area contributed by atoms with Crippen molar-refractivity contribution >= 4 is 50.5 Å². The molecular weight excluding hydrogens is 336 g/mol. The molecule has 0 aliphatic rings. The summed E-state index contributed by atoms with van der Waals surface area (Å²) in [6.45, 7) is 0.